The van der Waals surface area contributed by atoms with Crippen LogP contribution in [0.15, 0.2) is 48.5 Å². The van der Waals surface area contributed by atoms with Crippen LogP contribution in [0.3, 0.4) is 0 Å². The number of hydrogen-bond donors (Lipinski definition) is 1. The molecular formula is C23H24F3N3O3. The van der Waals surface area contributed by atoms with Gasteiger partial charge in [0.15, 0.2) is 18.1 Å². The van der Waals surface area contributed by atoms with E-state index in [-0.39, 0.29) is 23.8 Å². The summed E-state index contributed by atoms with van der Waals surface area (Å²) >= 11 is 0. The van der Waals surface area contributed by atoms with Gasteiger partial charge in [-0.05, 0) is 50.1 Å². The fourth-order valence-corrected chi connectivity index (χ4v) is 3.25. The summed E-state index contributed by atoms with van der Waals surface area (Å²) in [5.74, 6) is -0.0132. The molecule has 32 heavy (non-hydrogen) atoms. The van der Waals surface area contributed by atoms with Crippen molar-refractivity contribution in [3.05, 3.63) is 65.5 Å². The molecule has 0 saturated carbocycles. The number of amides is 1. The van der Waals surface area contributed by atoms with Crippen LogP contribution in [0.2, 0.25) is 0 Å². The van der Waals surface area contributed by atoms with Gasteiger partial charge in [0.25, 0.3) is 0 Å². The Morgan fingerprint density at radius 3 is 2.47 bits per heavy atom. The average molecular weight is 447 g/mol. The molecule has 0 aliphatic heterocycles. The van der Waals surface area contributed by atoms with Gasteiger partial charge in [-0.3, -0.25) is 4.79 Å². The van der Waals surface area contributed by atoms with Crippen LogP contribution in [0.1, 0.15) is 23.4 Å². The first-order chi connectivity index (χ1) is 15.2. The highest BCUT2D eigenvalue weighted by atomic mass is 19.4. The number of aryl methyl sites for hydroxylation is 2. The number of para-hydroxylation sites is 1. The van der Waals surface area contributed by atoms with Crippen molar-refractivity contribution in [2.24, 2.45) is 0 Å². The monoisotopic (exact) mass is 447 g/mol. The summed E-state index contributed by atoms with van der Waals surface area (Å²) in [7, 11) is 1.35. The molecule has 170 valence electrons. The molecule has 0 fully saturated rings. The van der Waals surface area contributed by atoms with Gasteiger partial charge in [-0.1, -0.05) is 24.3 Å². The maximum atomic E-state index is 12.5. The molecule has 1 heterocycles. The molecule has 0 saturated heterocycles. The van der Waals surface area contributed by atoms with E-state index in [0.29, 0.717) is 17.8 Å². The van der Waals surface area contributed by atoms with E-state index >= 15 is 0 Å². The summed E-state index contributed by atoms with van der Waals surface area (Å²) in [5.41, 5.74) is 3.81. The van der Waals surface area contributed by atoms with Gasteiger partial charge < -0.3 is 14.8 Å². The van der Waals surface area contributed by atoms with Gasteiger partial charge in [-0.2, -0.15) is 18.3 Å². The minimum atomic E-state index is -4.44. The lowest BCUT2D eigenvalue weighted by molar-refractivity contribution is -0.153. The van der Waals surface area contributed by atoms with E-state index in [2.05, 4.69) is 10.4 Å². The Kier molecular flexibility index (Phi) is 7.07. The number of carbonyl (C=O) groups excluding carboxylic acids is 1. The molecule has 0 spiro atoms. The Hall–Kier alpha value is -3.49. The normalized spacial score (nSPS) is 11.3. The summed E-state index contributed by atoms with van der Waals surface area (Å²) < 4.78 is 48.8. The molecular weight excluding hydrogens is 423 g/mol. The van der Waals surface area contributed by atoms with E-state index in [1.54, 1.807) is 16.8 Å². The van der Waals surface area contributed by atoms with Crippen molar-refractivity contribution in [3.8, 4) is 17.2 Å². The predicted octanol–water partition coefficient (Wildman–Crippen LogP) is 5.01. The standard InChI is InChI=1S/C23H24F3N3O3/c1-15-22(16(2)29(28-15)18-7-5-4-6-8-18)27-21(30)12-10-17-9-11-19(20(13-17)31-3)32-14-23(24,25)26/h4-9,11,13H,10,12,14H2,1-3H3,(H,27,30). The smallest absolute Gasteiger partial charge is 0.422 e. The molecule has 0 radical (unpaired) electrons. The van der Waals surface area contributed by atoms with Crippen LogP contribution in [-0.2, 0) is 11.2 Å². The van der Waals surface area contributed by atoms with E-state index in [0.717, 1.165) is 16.9 Å². The minimum absolute atomic E-state index is 0.00222. The van der Waals surface area contributed by atoms with Gasteiger partial charge in [-0.15, -0.1) is 0 Å². The summed E-state index contributed by atoms with van der Waals surface area (Å²) in [6.07, 6.45) is -3.87. The number of hydrogen-bond acceptors (Lipinski definition) is 4. The zero-order chi connectivity index (χ0) is 23.3. The van der Waals surface area contributed by atoms with Crippen LogP contribution in [0.5, 0.6) is 11.5 Å². The fourth-order valence-electron chi connectivity index (χ4n) is 3.25. The number of nitrogens with one attached hydrogen (secondary N) is 1. The van der Waals surface area contributed by atoms with Crippen molar-refractivity contribution in [1.82, 2.24) is 9.78 Å². The molecule has 1 aromatic heterocycles. The second kappa shape index (κ2) is 9.76. The lowest BCUT2D eigenvalue weighted by Crippen LogP contribution is -2.19. The maximum Gasteiger partial charge on any atom is 0.422 e. The molecule has 2 aromatic carbocycles. The lowest BCUT2D eigenvalue weighted by atomic mass is 10.1. The number of alkyl halides is 3. The van der Waals surface area contributed by atoms with Crippen molar-refractivity contribution < 1.29 is 27.4 Å². The highest BCUT2D eigenvalue weighted by Crippen LogP contribution is 2.30. The van der Waals surface area contributed by atoms with Crippen LogP contribution in [-0.4, -0.2) is 35.6 Å². The molecule has 0 aliphatic carbocycles. The van der Waals surface area contributed by atoms with E-state index in [1.165, 1.54) is 13.2 Å². The fraction of sp³-hybridized carbons (Fsp3) is 0.304. The largest absolute Gasteiger partial charge is 0.493 e. The van der Waals surface area contributed by atoms with Crippen molar-refractivity contribution in [2.75, 3.05) is 19.0 Å². The van der Waals surface area contributed by atoms with Crippen LogP contribution in [0.25, 0.3) is 5.69 Å². The zero-order valence-electron chi connectivity index (χ0n) is 18.0. The van der Waals surface area contributed by atoms with Crippen LogP contribution < -0.4 is 14.8 Å². The lowest BCUT2D eigenvalue weighted by Gasteiger charge is -2.13. The van der Waals surface area contributed by atoms with Gasteiger partial charge in [0.05, 0.1) is 29.9 Å². The van der Waals surface area contributed by atoms with Gasteiger partial charge in [-0.25, -0.2) is 4.68 Å². The SMILES string of the molecule is COc1cc(CCC(=O)Nc2c(C)nn(-c3ccccc3)c2C)ccc1OCC(F)(F)F. The van der Waals surface area contributed by atoms with Gasteiger partial charge in [0.2, 0.25) is 5.91 Å². The van der Waals surface area contributed by atoms with Crippen molar-refractivity contribution in [2.45, 2.75) is 32.9 Å². The number of anilines is 1. The number of halogens is 3. The van der Waals surface area contributed by atoms with E-state index < -0.39 is 12.8 Å². The Balaban J connectivity index is 1.63. The quantitative estimate of drug-likeness (QED) is 0.527. The molecule has 0 aliphatic rings. The van der Waals surface area contributed by atoms with Crippen LogP contribution in [0, 0.1) is 13.8 Å². The minimum Gasteiger partial charge on any atom is -0.493 e. The third-order valence-corrected chi connectivity index (χ3v) is 4.82. The number of aromatic nitrogens is 2. The molecule has 0 unspecified atom stereocenters. The van der Waals surface area contributed by atoms with E-state index in [4.69, 9.17) is 9.47 Å². The van der Waals surface area contributed by atoms with Gasteiger partial charge in [0, 0.05) is 6.42 Å². The topological polar surface area (TPSA) is 65.4 Å². The molecule has 9 heteroatoms. The molecule has 3 rings (SSSR count). The maximum absolute atomic E-state index is 12.5. The molecule has 3 aromatic rings. The number of carbonyl (C=O) groups is 1. The second-order valence-electron chi connectivity index (χ2n) is 7.23. The first kappa shape index (κ1) is 23.2. The number of ether oxygens (including phenoxy) is 2. The molecule has 1 N–H and O–H groups in total. The van der Waals surface area contributed by atoms with Crippen LogP contribution >= 0.6 is 0 Å². The summed E-state index contributed by atoms with van der Waals surface area (Å²) in [5, 5.41) is 7.42. The van der Waals surface area contributed by atoms with Gasteiger partial charge >= 0.3 is 6.18 Å². The first-order valence-electron chi connectivity index (χ1n) is 9.96. The molecule has 0 bridgehead atoms. The average Bonchev–Trinajstić information content (AvgIpc) is 3.04. The molecule has 0 atom stereocenters. The summed E-state index contributed by atoms with van der Waals surface area (Å²) in [6.45, 7) is 2.31. The number of benzene rings is 2. The summed E-state index contributed by atoms with van der Waals surface area (Å²) in [6, 6.07) is 14.2. The van der Waals surface area contributed by atoms with Crippen LogP contribution in [0.4, 0.5) is 18.9 Å². The Bertz CT molecular complexity index is 1080. The van der Waals surface area contributed by atoms with E-state index in [9.17, 15) is 18.0 Å². The van der Waals surface area contributed by atoms with Gasteiger partial charge in [0.1, 0.15) is 0 Å². The third-order valence-electron chi connectivity index (χ3n) is 4.82. The molecule has 6 nitrogen and oxygen atoms in total. The highest BCUT2D eigenvalue weighted by molar-refractivity contribution is 5.92. The van der Waals surface area contributed by atoms with E-state index in [1.807, 2.05) is 44.2 Å². The highest BCUT2D eigenvalue weighted by Gasteiger charge is 2.29. The number of methoxy groups -OCH3 is 1. The molecule has 1 amide bonds. The Morgan fingerprint density at radius 2 is 1.81 bits per heavy atom. The number of rotatable bonds is 8. The van der Waals surface area contributed by atoms with Crippen molar-refractivity contribution in [3.63, 3.8) is 0 Å². The summed E-state index contributed by atoms with van der Waals surface area (Å²) in [4.78, 5) is 12.5. The Morgan fingerprint density at radius 1 is 1.09 bits per heavy atom. The predicted molar refractivity (Wildman–Crippen MR) is 115 cm³/mol. The number of nitrogens with zero attached hydrogens (tertiary/aromatic N) is 2. The third kappa shape index (κ3) is 5.81. The second-order valence-corrected chi connectivity index (χ2v) is 7.23. The van der Waals surface area contributed by atoms with Crippen molar-refractivity contribution >= 4 is 11.6 Å². The first-order valence-corrected chi connectivity index (χ1v) is 9.96. The Labute approximate surface area is 184 Å². The van der Waals surface area contributed by atoms with Crippen molar-refractivity contribution in [1.29, 1.82) is 0 Å². The zero-order valence-corrected chi connectivity index (χ0v) is 18.0.